The van der Waals surface area contributed by atoms with Crippen LogP contribution in [0.2, 0.25) is 0 Å². The van der Waals surface area contributed by atoms with Crippen molar-refractivity contribution in [2.45, 2.75) is 25.7 Å². The number of benzene rings is 1. The maximum absolute atomic E-state index is 5.47. The maximum atomic E-state index is 5.47. The number of nitrogens with one attached hydrogen (secondary N) is 1. The molecule has 0 spiro atoms. The van der Waals surface area contributed by atoms with Gasteiger partial charge >= 0.3 is 0 Å². The van der Waals surface area contributed by atoms with Gasteiger partial charge in [0.15, 0.2) is 0 Å². The summed E-state index contributed by atoms with van der Waals surface area (Å²) in [7, 11) is 0. The summed E-state index contributed by atoms with van der Waals surface area (Å²) in [5.41, 5.74) is 8.86. The normalized spacial score (nSPS) is 13.6. The number of nitrogens with two attached hydrogens (primary N) is 1. The van der Waals surface area contributed by atoms with Gasteiger partial charge in [-0.15, -0.1) is 0 Å². The Morgan fingerprint density at radius 1 is 1.10 bits per heavy atom. The molecule has 0 aliphatic heterocycles. The SMILES string of the molecule is NCCOc1ccc(Nc2ncnc3c2CCCC3)cc1. The van der Waals surface area contributed by atoms with E-state index in [1.165, 1.54) is 24.1 Å². The third-order valence-electron chi connectivity index (χ3n) is 3.63. The number of hydrogen-bond donors (Lipinski definition) is 2. The predicted molar refractivity (Wildman–Crippen MR) is 82.9 cm³/mol. The molecule has 0 fully saturated rings. The lowest BCUT2D eigenvalue weighted by molar-refractivity contribution is 0.328. The van der Waals surface area contributed by atoms with Crippen LogP contribution in [0.15, 0.2) is 30.6 Å². The third-order valence-corrected chi connectivity index (χ3v) is 3.63. The van der Waals surface area contributed by atoms with Crippen LogP contribution in [0.4, 0.5) is 11.5 Å². The van der Waals surface area contributed by atoms with Crippen LogP contribution in [0.1, 0.15) is 24.1 Å². The first-order chi connectivity index (χ1) is 10.4. The summed E-state index contributed by atoms with van der Waals surface area (Å²) in [5, 5.41) is 3.38. The Kier molecular flexibility index (Phi) is 4.31. The molecule has 0 unspecified atom stereocenters. The average Bonchev–Trinajstić information content (AvgIpc) is 2.55. The summed E-state index contributed by atoms with van der Waals surface area (Å²) >= 11 is 0. The fraction of sp³-hybridized carbons (Fsp3) is 0.375. The van der Waals surface area contributed by atoms with E-state index in [1.807, 2.05) is 24.3 Å². The molecule has 3 N–H and O–H groups in total. The van der Waals surface area contributed by atoms with Gasteiger partial charge in [0.25, 0.3) is 0 Å². The molecule has 0 atom stereocenters. The predicted octanol–water partition coefficient (Wildman–Crippen LogP) is 2.44. The number of hydrogen-bond acceptors (Lipinski definition) is 5. The zero-order valence-electron chi connectivity index (χ0n) is 12.0. The van der Waals surface area contributed by atoms with Gasteiger partial charge in [-0.05, 0) is 49.9 Å². The van der Waals surface area contributed by atoms with Crippen LogP contribution < -0.4 is 15.8 Å². The van der Waals surface area contributed by atoms with Crippen LogP contribution in [-0.2, 0) is 12.8 Å². The first kappa shape index (κ1) is 13.8. The van der Waals surface area contributed by atoms with Crippen LogP contribution >= 0.6 is 0 Å². The van der Waals surface area contributed by atoms with Crippen molar-refractivity contribution >= 4 is 11.5 Å². The summed E-state index contributed by atoms with van der Waals surface area (Å²) in [6.45, 7) is 1.05. The maximum Gasteiger partial charge on any atom is 0.137 e. The number of nitrogens with zero attached hydrogens (tertiary/aromatic N) is 2. The van der Waals surface area contributed by atoms with Gasteiger partial charge in [-0.2, -0.15) is 0 Å². The molecule has 1 aliphatic carbocycles. The van der Waals surface area contributed by atoms with Crippen molar-refractivity contribution in [3.8, 4) is 5.75 Å². The van der Waals surface area contributed by atoms with Crippen LogP contribution in [0.5, 0.6) is 5.75 Å². The summed E-state index contributed by atoms with van der Waals surface area (Å²) < 4.78 is 5.47. The van der Waals surface area contributed by atoms with Gasteiger partial charge in [0.1, 0.15) is 24.5 Å². The Labute approximate surface area is 124 Å². The van der Waals surface area contributed by atoms with Gasteiger partial charge < -0.3 is 15.8 Å². The van der Waals surface area contributed by atoms with Gasteiger partial charge in [-0.1, -0.05) is 0 Å². The van der Waals surface area contributed by atoms with Crippen molar-refractivity contribution in [3.05, 3.63) is 41.9 Å². The minimum atomic E-state index is 0.521. The molecule has 5 heteroatoms. The van der Waals surface area contributed by atoms with E-state index in [1.54, 1.807) is 6.33 Å². The number of ether oxygens (including phenoxy) is 1. The van der Waals surface area contributed by atoms with E-state index >= 15 is 0 Å². The van der Waals surface area contributed by atoms with E-state index in [-0.39, 0.29) is 0 Å². The lowest BCUT2D eigenvalue weighted by atomic mass is 9.96. The number of anilines is 2. The molecule has 0 saturated heterocycles. The molecule has 0 bridgehead atoms. The third kappa shape index (κ3) is 3.31. The quantitative estimate of drug-likeness (QED) is 0.882. The minimum absolute atomic E-state index is 0.521. The Morgan fingerprint density at radius 3 is 2.71 bits per heavy atom. The Morgan fingerprint density at radius 2 is 1.90 bits per heavy atom. The van der Waals surface area contributed by atoms with Gasteiger partial charge in [0.2, 0.25) is 0 Å². The van der Waals surface area contributed by atoms with Gasteiger partial charge in [0, 0.05) is 23.5 Å². The van der Waals surface area contributed by atoms with Crippen molar-refractivity contribution in [2.75, 3.05) is 18.5 Å². The fourth-order valence-electron chi connectivity index (χ4n) is 2.58. The standard InChI is InChI=1S/C16H20N4O/c17-9-10-21-13-7-5-12(6-8-13)20-16-14-3-1-2-4-15(14)18-11-19-16/h5-8,11H,1-4,9-10,17H2,(H,18,19,20). The lowest BCUT2D eigenvalue weighted by Gasteiger charge is -2.18. The van der Waals surface area contributed by atoms with Crippen molar-refractivity contribution < 1.29 is 4.74 Å². The van der Waals surface area contributed by atoms with E-state index in [9.17, 15) is 0 Å². The molecular formula is C16H20N4O. The summed E-state index contributed by atoms with van der Waals surface area (Å²) in [6.07, 6.45) is 6.18. The second kappa shape index (κ2) is 6.54. The Bertz CT molecular complexity index is 598. The highest BCUT2D eigenvalue weighted by atomic mass is 16.5. The van der Waals surface area contributed by atoms with Gasteiger partial charge in [-0.3, -0.25) is 0 Å². The summed E-state index contributed by atoms with van der Waals surface area (Å²) in [6, 6.07) is 7.85. The minimum Gasteiger partial charge on any atom is -0.492 e. The van der Waals surface area contributed by atoms with Crippen molar-refractivity contribution in [2.24, 2.45) is 5.73 Å². The number of rotatable bonds is 5. The molecule has 5 nitrogen and oxygen atoms in total. The van der Waals surface area contributed by atoms with E-state index < -0.39 is 0 Å². The number of fused-ring (bicyclic) bond motifs is 1. The molecular weight excluding hydrogens is 264 g/mol. The van der Waals surface area contributed by atoms with Crippen molar-refractivity contribution in [1.29, 1.82) is 0 Å². The number of aromatic nitrogens is 2. The highest BCUT2D eigenvalue weighted by Crippen LogP contribution is 2.27. The van der Waals surface area contributed by atoms with Crippen LogP contribution in [0.25, 0.3) is 0 Å². The molecule has 1 aromatic heterocycles. The fourth-order valence-corrected chi connectivity index (χ4v) is 2.58. The lowest BCUT2D eigenvalue weighted by Crippen LogP contribution is -2.11. The van der Waals surface area contributed by atoms with E-state index in [0.29, 0.717) is 13.2 Å². The molecule has 1 aliphatic rings. The van der Waals surface area contributed by atoms with E-state index in [2.05, 4.69) is 15.3 Å². The first-order valence-electron chi connectivity index (χ1n) is 7.39. The molecule has 1 heterocycles. The molecule has 3 rings (SSSR count). The second-order valence-electron chi connectivity index (χ2n) is 5.14. The first-order valence-corrected chi connectivity index (χ1v) is 7.39. The zero-order valence-corrected chi connectivity index (χ0v) is 12.0. The Hall–Kier alpha value is -2.14. The summed E-state index contributed by atoms with van der Waals surface area (Å²) in [4.78, 5) is 8.78. The molecule has 0 radical (unpaired) electrons. The smallest absolute Gasteiger partial charge is 0.137 e. The van der Waals surface area contributed by atoms with Crippen LogP contribution in [0, 0.1) is 0 Å². The van der Waals surface area contributed by atoms with Crippen LogP contribution in [-0.4, -0.2) is 23.1 Å². The largest absolute Gasteiger partial charge is 0.492 e. The molecule has 110 valence electrons. The summed E-state index contributed by atoms with van der Waals surface area (Å²) in [5.74, 6) is 1.76. The molecule has 0 amide bonds. The topological polar surface area (TPSA) is 73.1 Å². The van der Waals surface area contributed by atoms with Gasteiger partial charge in [0.05, 0.1) is 0 Å². The molecule has 0 saturated carbocycles. The molecule has 21 heavy (non-hydrogen) atoms. The molecule has 2 aromatic rings. The highest BCUT2D eigenvalue weighted by Gasteiger charge is 2.15. The zero-order chi connectivity index (χ0) is 14.5. The van der Waals surface area contributed by atoms with Gasteiger partial charge in [-0.25, -0.2) is 9.97 Å². The monoisotopic (exact) mass is 284 g/mol. The van der Waals surface area contributed by atoms with E-state index in [0.717, 1.165) is 30.1 Å². The van der Waals surface area contributed by atoms with Crippen LogP contribution in [0.3, 0.4) is 0 Å². The average molecular weight is 284 g/mol. The Balaban J connectivity index is 1.74. The van der Waals surface area contributed by atoms with Crippen molar-refractivity contribution in [3.63, 3.8) is 0 Å². The van der Waals surface area contributed by atoms with E-state index in [4.69, 9.17) is 10.5 Å². The molecule has 1 aromatic carbocycles. The highest BCUT2D eigenvalue weighted by molar-refractivity contribution is 5.61. The number of aryl methyl sites for hydroxylation is 1. The van der Waals surface area contributed by atoms with Crippen molar-refractivity contribution in [1.82, 2.24) is 9.97 Å². The second-order valence-corrected chi connectivity index (χ2v) is 5.14.